The molecule has 1 aliphatic heterocycles. The molecule has 1 aliphatic rings. The summed E-state index contributed by atoms with van der Waals surface area (Å²) < 4.78 is 5.66. The van der Waals surface area contributed by atoms with E-state index in [1.54, 1.807) is 6.08 Å². The predicted octanol–water partition coefficient (Wildman–Crippen LogP) is 4.91. The van der Waals surface area contributed by atoms with Crippen LogP contribution >= 0.6 is 23.4 Å². The molecule has 0 unspecified atom stereocenters. The first-order valence-corrected chi connectivity index (χ1v) is 8.61. The van der Waals surface area contributed by atoms with Gasteiger partial charge in [-0.15, -0.1) is 11.6 Å². The lowest BCUT2D eigenvalue weighted by Gasteiger charge is -2.26. The van der Waals surface area contributed by atoms with Crippen LogP contribution in [0.3, 0.4) is 0 Å². The number of carbonyl (C=O) groups is 1. The Morgan fingerprint density at radius 2 is 2.05 bits per heavy atom. The third-order valence-electron chi connectivity index (χ3n) is 3.39. The second-order valence-corrected chi connectivity index (χ2v) is 7.10. The first kappa shape index (κ1) is 16.9. The quantitative estimate of drug-likeness (QED) is 0.424. The van der Waals surface area contributed by atoms with Crippen LogP contribution in [0.4, 0.5) is 0 Å². The normalized spacial score (nSPS) is 22.7. The number of hydrogen-bond donors (Lipinski definition) is 0. The van der Waals surface area contributed by atoms with Crippen LogP contribution in [0.25, 0.3) is 0 Å². The van der Waals surface area contributed by atoms with E-state index in [2.05, 4.69) is 13.8 Å². The zero-order chi connectivity index (χ0) is 14.1. The molecule has 1 heterocycles. The summed E-state index contributed by atoms with van der Waals surface area (Å²) in [4.78, 5) is 11.6. The summed E-state index contributed by atoms with van der Waals surface area (Å²) in [6, 6.07) is 0. The summed E-state index contributed by atoms with van der Waals surface area (Å²) >= 11 is 7.06. The van der Waals surface area contributed by atoms with Gasteiger partial charge in [0.05, 0.1) is 11.4 Å². The molecule has 0 saturated carbocycles. The molecule has 0 saturated heterocycles. The highest BCUT2D eigenvalue weighted by Gasteiger charge is 2.38. The fraction of sp³-hybridized carbons (Fsp3) is 0.800. The van der Waals surface area contributed by atoms with Crippen molar-refractivity contribution in [3.63, 3.8) is 0 Å². The molecule has 2 nitrogen and oxygen atoms in total. The van der Waals surface area contributed by atoms with Crippen molar-refractivity contribution in [2.45, 2.75) is 63.5 Å². The van der Waals surface area contributed by atoms with E-state index in [9.17, 15) is 4.79 Å². The molecule has 1 atom stereocenters. The summed E-state index contributed by atoms with van der Waals surface area (Å²) in [7, 11) is 0. The molecule has 0 bridgehead atoms. The Morgan fingerprint density at radius 3 is 2.74 bits per heavy atom. The Morgan fingerprint density at radius 1 is 1.26 bits per heavy atom. The van der Waals surface area contributed by atoms with Gasteiger partial charge in [-0.2, -0.15) is 0 Å². The first-order valence-electron chi connectivity index (χ1n) is 7.26. The number of rotatable bonds is 10. The largest absolute Gasteiger partial charge is 0.496 e. The molecule has 0 amide bonds. The number of hydrogen-bond acceptors (Lipinski definition) is 3. The van der Waals surface area contributed by atoms with Gasteiger partial charge in [0.25, 0.3) is 0 Å². The van der Waals surface area contributed by atoms with Crippen molar-refractivity contribution < 1.29 is 9.53 Å². The van der Waals surface area contributed by atoms with Gasteiger partial charge in [-0.1, -0.05) is 44.4 Å². The van der Waals surface area contributed by atoms with Crippen LogP contribution in [0, 0.1) is 0 Å². The monoisotopic (exact) mass is 304 g/mol. The number of unbranched alkanes of at least 4 members (excludes halogenated alkanes) is 4. The Labute approximate surface area is 126 Å². The molecule has 4 heteroatoms. The average Bonchev–Trinajstić information content (AvgIpc) is 2.66. The van der Waals surface area contributed by atoms with Gasteiger partial charge in [0, 0.05) is 12.0 Å². The Balaban J connectivity index is 2.41. The van der Waals surface area contributed by atoms with Crippen molar-refractivity contribution in [1.29, 1.82) is 0 Å². The maximum atomic E-state index is 11.6. The van der Waals surface area contributed by atoms with Gasteiger partial charge >= 0.3 is 0 Å². The second-order valence-electron chi connectivity index (χ2n) is 5.22. The SMILES string of the molecule is CCCCCC[C@@]1(C)SC(=O)C=C1OCCCCCl. The summed E-state index contributed by atoms with van der Waals surface area (Å²) in [5.41, 5.74) is 0. The highest BCUT2D eigenvalue weighted by Crippen LogP contribution is 2.44. The minimum Gasteiger partial charge on any atom is -0.496 e. The molecular weight excluding hydrogens is 280 g/mol. The summed E-state index contributed by atoms with van der Waals surface area (Å²) in [6.45, 7) is 5.00. The summed E-state index contributed by atoms with van der Waals surface area (Å²) in [5, 5.41) is 0.130. The maximum absolute atomic E-state index is 11.6. The first-order chi connectivity index (χ1) is 9.12. The van der Waals surface area contributed by atoms with Gasteiger partial charge in [-0.25, -0.2) is 0 Å². The van der Waals surface area contributed by atoms with E-state index < -0.39 is 0 Å². The molecule has 0 radical (unpaired) electrons. The number of alkyl halides is 1. The summed E-state index contributed by atoms with van der Waals surface area (Å²) in [5.74, 6) is 1.54. The third kappa shape index (κ3) is 5.78. The van der Waals surface area contributed by atoms with Crippen LogP contribution in [-0.4, -0.2) is 22.3 Å². The van der Waals surface area contributed by atoms with Crippen molar-refractivity contribution in [2.24, 2.45) is 0 Å². The smallest absolute Gasteiger partial charge is 0.216 e. The lowest BCUT2D eigenvalue weighted by atomic mass is 9.99. The zero-order valence-corrected chi connectivity index (χ0v) is 13.6. The Bertz CT molecular complexity index is 317. The number of halogens is 1. The highest BCUT2D eigenvalue weighted by molar-refractivity contribution is 8.15. The number of thioether (sulfide) groups is 1. The fourth-order valence-corrected chi connectivity index (χ4v) is 3.46. The van der Waals surface area contributed by atoms with Crippen LogP contribution in [0.5, 0.6) is 0 Å². The number of carbonyl (C=O) groups excluding carboxylic acids is 1. The van der Waals surface area contributed by atoms with Crippen molar-refractivity contribution in [3.05, 3.63) is 11.8 Å². The van der Waals surface area contributed by atoms with Gasteiger partial charge in [0.2, 0.25) is 5.12 Å². The molecule has 0 spiro atoms. The van der Waals surface area contributed by atoms with Crippen LogP contribution in [-0.2, 0) is 9.53 Å². The van der Waals surface area contributed by atoms with Gasteiger partial charge in [-0.05, 0) is 26.2 Å². The lowest BCUT2D eigenvalue weighted by Crippen LogP contribution is -2.22. The predicted molar refractivity (Wildman–Crippen MR) is 83.8 cm³/mol. The molecule has 0 fully saturated rings. The van der Waals surface area contributed by atoms with E-state index in [1.807, 2.05) is 0 Å². The Hall–Kier alpha value is -0.150. The minimum absolute atomic E-state index is 0.130. The van der Waals surface area contributed by atoms with Crippen molar-refractivity contribution >= 4 is 28.5 Å². The van der Waals surface area contributed by atoms with Crippen molar-refractivity contribution in [1.82, 2.24) is 0 Å². The van der Waals surface area contributed by atoms with Gasteiger partial charge in [0.1, 0.15) is 5.76 Å². The third-order valence-corrected chi connectivity index (χ3v) is 4.83. The van der Waals surface area contributed by atoms with E-state index in [0.717, 1.165) is 31.4 Å². The van der Waals surface area contributed by atoms with Crippen molar-refractivity contribution in [2.75, 3.05) is 12.5 Å². The highest BCUT2D eigenvalue weighted by atomic mass is 35.5. The van der Waals surface area contributed by atoms with Gasteiger partial charge in [-0.3, -0.25) is 4.79 Å². The molecule has 0 aliphatic carbocycles. The molecule has 0 N–H and O–H groups in total. The van der Waals surface area contributed by atoms with Crippen LogP contribution in [0.2, 0.25) is 0 Å². The van der Waals surface area contributed by atoms with Crippen LogP contribution in [0.1, 0.15) is 58.8 Å². The van der Waals surface area contributed by atoms with E-state index >= 15 is 0 Å². The molecule has 0 aromatic heterocycles. The minimum atomic E-state index is -0.147. The van der Waals surface area contributed by atoms with Crippen LogP contribution in [0.15, 0.2) is 11.8 Å². The molecule has 19 heavy (non-hydrogen) atoms. The molecule has 0 aromatic carbocycles. The topological polar surface area (TPSA) is 26.3 Å². The second kappa shape index (κ2) is 8.91. The standard InChI is InChI=1S/C15H25ClO2S/c1-3-4-5-6-9-15(2)13(12-14(17)19-15)18-11-8-7-10-16/h12H,3-11H2,1-2H3/t15-/m1/s1. The van der Waals surface area contributed by atoms with Crippen LogP contribution < -0.4 is 0 Å². The maximum Gasteiger partial charge on any atom is 0.216 e. The Kier molecular flexibility index (Phi) is 7.93. The molecule has 1 rings (SSSR count). The molecule has 110 valence electrons. The fourth-order valence-electron chi connectivity index (χ4n) is 2.20. The van der Waals surface area contributed by atoms with E-state index in [-0.39, 0.29) is 9.86 Å². The van der Waals surface area contributed by atoms with E-state index in [4.69, 9.17) is 16.3 Å². The number of ether oxygens (including phenoxy) is 1. The van der Waals surface area contributed by atoms with Gasteiger partial charge in [0.15, 0.2) is 0 Å². The van der Waals surface area contributed by atoms with Gasteiger partial charge < -0.3 is 4.74 Å². The van der Waals surface area contributed by atoms with Crippen molar-refractivity contribution in [3.8, 4) is 0 Å². The summed E-state index contributed by atoms with van der Waals surface area (Å²) in [6.07, 6.45) is 9.50. The molecule has 0 aromatic rings. The average molecular weight is 305 g/mol. The zero-order valence-electron chi connectivity index (χ0n) is 12.0. The lowest BCUT2D eigenvalue weighted by molar-refractivity contribution is -0.107. The van der Waals surface area contributed by atoms with E-state index in [0.29, 0.717) is 12.5 Å². The molecular formula is C15H25ClO2S. The van der Waals surface area contributed by atoms with E-state index in [1.165, 1.54) is 31.0 Å².